The average molecular weight is 402 g/mol. The molecule has 3 aliphatic rings. The summed E-state index contributed by atoms with van der Waals surface area (Å²) in [4.78, 5) is 2.35. The standard InChI is InChI=1S/C21H21Cl2N3O/c1-25-10-8-21(9-11-25)26-19(17-12-16(23)6-7-20(17)27-21)13-18(24-26)14-2-4-15(22)5-3-14/h2-7,12,19H,8-11,13H2,1H3/t19-/m1/s1. The van der Waals surface area contributed by atoms with E-state index in [0.717, 1.165) is 65.0 Å². The Morgan fingerprint density at radius 1 is 1.04 bits per heavy atom. The van der Waals surface area contributed by atoms with Gasteiger partial charge in [-0.2, -0.15) is 5.10 Å². The van der Waals surface area contributed by atoms with Crippen molar-refractivity contribution in [3.05, 3.63) is 63.6 Å². The maximum absolute atomic E-state index is 6.59. The number of halogens is 2. The highest BCUT2D eigenvalue weighted by molar-refractivity contribution is 6.31. The lowest BCUT2D eigenvalue weighted by Gasteiger charge is -2.50. The second-order valence-corrected chi connectivity index (χ2v) is 8.52. The zero-order valence-electron chi connectivity index (χ0n) is 15.2. The molecule has 1 fully saturated rings. The second kappa shape index (κ2) is 6.40. The van der Waals surface area contributed by atoms with Crippen LogP contribution in [0.2, 0.25) is 10.0 Å². The summed E-state index contributed by atoms with van der Waals surface area (Å²) >= 11 is 12.4. The van der Waals surface area contributed by atoms with Crippen LogP contribution in [0.5, 0.6) is 5.75 Å². The van der Waals surface area contributed by atoms with E-state index in [9.17, 15) is 0 Å². The Morgan fingerprint density at radius 2 is 1.74 bits per heavy atom. The van der Waals surface area contributed by atoms with Crippen LogP contribution in [-0.4, -0.2) is 41.5 Å². The van der Waals surface area contributed by atoms with Crippen molar-refractivity contribution in [1.82, 2.24) is 9.91 Å². The Balaban J connectivity index is 1.58. The topological polar surface area (TPSA) is 28.1 Å². The molecule has 0 radical (unpaired) electrons. The van der Waals surface area contributed by atoms with E-state index in [4.69, 9.17) is 33.0 Å². The van der Waals surface area contributed by atoms with Crippen LogP contribution in [0.25, 0.3) is 0 Å². The van der Waals surface area contributed by atoms with E-state index in [1.165, 1.54) is 0 Å². The normalized spacial score (nSPS) is 23.6. The molecule has 1 atom stereocenters. The molecule has 0 amide bonds. The van der Waals surface area contributed by atoms with Gasteiger partial charge in [0.2, 0.25) is 5.72 Å². The van der Waals surface area contributed by atoms with Gasteiger partial charge in [-0.25, -0.2) is 5.01 Å². The zero-order valence-corrected chi connectivity index (χ0v) is 16.7. The van der Waals surface area contributed by atoms with Crippen LogP contribution < -0.4 is 4.74 Å². The van der Waals surface area contributed by atoms with Gasteiger partial charge in [0.1, 0.15) is 5.75 Å². The monoisotopic (exact) mass is 401 g/mol. The van der Waals surface area contributed by atoms with Crippen molar-refractivity contribution in [2.75, 3.05) is 20.1 Å². The Morgan fingerprint density at radius 3 is 2.48 bits per heavy atom. The van der Waals surface area contributed by atoms with Crippen molar-refractivity contribution < 1.29 is 4.74 Å². The van der Waals surface area contributed by atoms with Crippen LogP contribution in [0, 0.1) is 0 Å². The number of benzene rings is 2. The van der Waals surface area contributed by atoms with E-state index in [1.807, 2.05) is 42.5 Å². The number of rotatable bonds is 1. The molecule has 0 N–H and O–H groups in total. The molecule has 1 saturated heterocycles. The van der Waals surface area contributed by atoms with Gasteiger partial charge in [-0.1, -0.05) is 35.3 Å². The van der Waals surface area contributed by atoms with Crippen molar-refractivity contribution in [2.24, 2.45) is 5.10 Å². The quantitative estimate of drug-likeness (QED) is 0.675. The molecule has 6 heteroatoms. The zero-order chi connectivity index (χ0) is 18.6. The summed E-state index contributed by atoms with van der Waals surface area (Å²) in [5, 5.41) is 8.74. The van der Waals surface area contributed by atoms with Crippen LogP contribution in [0.15, 0.2) is 47.6 Å². The SMILES string of the molecule is CN1CCC2(CC1)Oc1ccc(Cl)cc1[C@H]1CC(c3ccc(Cl)cc3)=NN12. The molecule has 1 spiro atoms. The summed E-state index contributed by atoms with van der Waals surface area (Å²) in [7, 11) is 2.16. The minimum absolute atomic E-state index is 0.154. The van der Waals surface area contributed by atoms with Gasteiger partial charge in [-0.3, -0.25) is 0 Å². The van der Waals surface area contributed by atoms with Crippen molar-refractivity contribution in [3.63, 3.8) is 0 Å². The van der Waals surface area contributed by atoms with Crippen LogP contribution in [0.3, 0.4) is 0 Å². The minimum Gasteiger partial charge on any atom is -0.466 e. The van der Waals surface area contributed by atoms with Gasteiger partial charge in [0.05, 0.1) is 11.8 Å². The van der Waals surface area contributed by atoms with Gasteiger partial charge in [0, 0.05) is 48.0 Å². The molecule has 0 aliphatic carbocycles. The fourth-order valence-electron chi connectivity index (χ4n) is 4.37. The molecule has 2 aromatic rings. The van der Waals surface area contributed by atoms with E-state index >= 15 is 0 Å². The predicted octanol–water partition coefficient (Wildman–Crippen LogP) is 4.96. The lowest BCUT2D eigenvalue weighted by molar-refractivity contribution is -0.147. The summed E-state index contributed by atoms with van der Waals surface area (Å²) < 4.78 is 6.59. The smallest absolute Gasteiger partial charge is 0.200 e. The molecule has 27 heavy (non-hydrogen) atoms. The molecule has 4 nitrogen and oxygen atoms in total. The van der Waals surface area contributed by atoms with Gasteiger partial charge >= 0.3 is 0 Å². The van der Waals surface area contributed by atoms with Crippen LogP contribution in [-0.2, 0) is 0 Å². The average Bonchev–Trinajstić information content (AvgIpc) is 3.12. The molecular weight excluding hydrogens is 381 g/mol. The van der Waals surface area contributed by atoms with Crippen molar-refractivity contribution >= 4 is 28.9 Å². The van der Waals surface area contributed by atoms with E-state index in [2.05, 4.69) is 17.0 Å². The Bertz CT molecular complexity index is 904. The number of nitrogens with zero attached hydrogens (tertiary/aromatic N) is 3. The number of piperidine rings is 1. The first-order chi connectivity index (χ1) is 13.0. The third-order valence-electron chi connectivity index (χ3n) is 5.90. The largest absolute Gasteiger partial charge is 0.466 e. The van der Waals surface area contributed by atoms with Crippen LogP contribution >= 0.6 is 23.2 Å². The Kier molecular flexibility index (Phi) is 4.12. The minimum atomic E-state index is -0.383. The molecule has 0 unspecified atom stereocenters. The first-order valence-corrected chi connectivity index (χ1v) is 10.1. The van der Waals surface area contributed by atoms with E-state index < -0.39 is 0 Å². The maximum atomic E-state index is 6.59. The number of likely N-dealkylation sites (tertiary alicyclic amines) is 1. The molecular formula is C21H21Cl2N3O. The van der Waals surface area contributed by atoms with Crippen molar-refractivity contribution in [2.45, 2.75) is 31.0 Å². The number of ether oxygens (including phenoxy) is 1. The van der Waals surface area contributed by atoms with E-state index in [0.29, 0.717) is 0 Å². The van der Waals surface area contributed by atoms with Gasteiger partial charge < -0.3 is 9.64 Å². The molecule has 2 aromatic carbocycles. The fraction of sp³-hybridized carbons (Fsp3) is 0.381. The van der Waals surface area contributed by atoms with Crippen molar-refractivity contribution in [1.29, 1.82) is 0 Å². The third-order valence-corrected chi connectivity index (χ3v) is 6.39. The highest BCUT2D eigenvalue weighted by Gasteiger charge is 2.51. The fourth-order valence-corrected chi connectivity index (χ4v) is 4.67. The molecule has 0 aromatic heterocycles. The molecule has 3 heterocycles. The third kappa shape index (κ3) is 2.91. The lowest BCUT2D eigenvalue weighted by atomic mass is 9.91. The van der Waals surface area contributed by atoms with Crippen LogP contribution in [0.4, 0.5) is 0 Å². The Hall–Kier alpha value is -1.75. The van der Waals surface area contributed by atoms with E-state index in [1.54, 1.807) is 0 Å². The molecule has 0 bridgehead atoms. The summed E-state index contributed by atoms with van der Waals surface area (Å²) in [5.74, 6) is 0.942. The second-order valence-electron chi connectivity index (χ2n) is 7.65. The van der Waals surface area contributed by atoms with Gasteiger partial charge in [-0.15, -0.1) is 0 Å². The van der Waals surface area contributed by atoms with Crippen LogP contribution in [0.1, 0.15) is 36.4 Å². The molecule has 5 rings (SSSR count). The number of hydrazone groups is 1. The lowest BCUT2D eigenvalue weighted by Crippen LogP contribution is -2.58. The van der Waals surface area contributed by atoms with Crippen molar-refractivity contribution in [3.8, 4) is 5.75 Å². The number of fused-ring (bicyclic) bond motifs is 4. The molecule has 140 valence electrons. The molecule has 3 aliphatic heterocycles. The highest BCUT2D eigenvalue weighted by Crippen LogP contribution is 2.50. The summed E-state index contributed by atoms with van der Waals surface area (Å²) in [6.07, 6.45) is 2.70. The first-order valence-electron chi connectivity index (χ1n) is 9.34. The summed E-state index contributed by atoms with van der Waals surface area (Å²) in [6.45, 7) is 2.00. The first kappa shape index (κ1) is 17.4. The predicted molar refractivity (Wildman–Crippen MR) is 109 cm³/mol. The Labute approximate surface area is 169 Å². The summed E-state index contributed by atoms with van der Waals surface area (Å²) in [5.41, 5.74) is 2.93. The van der Waals surface area contributed by atoms with Gasteiger partial charge in [0.15, 0.2) is 0 Å². The van der Waals surface area contributed by atoms with Gasteiger partial charge in [0.25, 0.3) is 0 Å². The number of hydrogen-bond acceptors (Lipinski definition) is 4. The summed E-state index contributed by atoms with van der Waals surface area (Å²) in [6, 6.07) is 14.0. The highest BCUT2D eigenvalue weighted by atomic mass is 35.5. The number of hydrogen-bond donors (Lipinski definition) is 0. The van der Waals surface area contributed by atoms with Gasteiger partial charge in [-0.05, 0) is 42.9 Å². The maximum Gasteiger partial charge on any atom is 0.200 e. The molecule has 0 saturated carbocycles. The van der Waals surface area contributed by atoms with E-state index in [-0.39, 0.29) is 11.8 Å².